The Labute approximate surface area is 200 Å². The predicted molar refractivity (Wildman–Crippen MR) is 113 cm³/mol. The highest BCUT2D eigenvalue weighted by molar-refractivity contribution is 6.30. The minimum Gasteiger partial charge on any atom is -0.352 e. The Balaban J connectivity index is 1.61. The van der Waals surface area contributed by atoms with Gasteiger partial charge >= 0.3 is 6.18 Å². The summed E-state index contributed by atoms with van der Waals surface area (Å²) in [6, 6.07) is 0.611. The first kappa shape index (κ1) is 24.7. The Hall–Kier alpha value is -3.42. The van der Waals surface area contributed by atoms with E-state index in [1.807, 2.05) is 0 Å². The van der Waals surface area contributed by atoms with Crippen molar-refractivity contribution >= 4 is 23.5 Å². The molecule has 15 heteroatoms. The third-order valence-corrected chi connectivity index (χ3v) is 5.67. The zero-order chi connectivity index (χ0) is 25.4. The highest BCUT2D eigenvalue weighted by Crippen LogP contribution is 2.36. The van der Waals surface area contributed by atoms with Crippen molar-refractivity contribution in [1.82, 2.24) is 34.8 Å². The summed E-state index contributed by atoms with van der Waals surface area (Å²) in [5, 5.41) is 10.8. The third kappa shape index (κ3) is 5.47. The molecule has 0 bridgehead atoms. The van der Waals surface area contributed by atoms with Crippen molar-refractivity contribution < 1.29 is 26.7 Å². The quantitative estimate of drug-likeness (QED) is 0.516. The largest absolute Gasteiger partial charge is 0.419 e. The number of aromatic nitrogens is 6. The summed E-state index contributed by atoms with van der Waals surface area (Å²) in [6.07, 6.45) is 0.0642. The van der Waals surface area contributed by atoms with Gasteiger partial charge in [-0.1, -0.05) is 18.5 Å². The van der Waals surface area contributed by atoms with Crippen LogP contribution in [0.25, 0.3) is 5.69 Å². The van der Waals surface area contributed by atoms with E-state index < -0.39 is 48.5 Å². The number of nitrogens with zero attached hydrogens (tertiary/aromatic N) is 7. The molecule has 9 nitrogen and oxygen atoms in total. The van der Waals surface area contributed by atoms with Gasteiger partial charge in [-0.25, -0.2) is 23.7 Å². The highest BCUT2D eigenvalue weighted by atomic mass is 35.5. The van der Waals surface area contributed by atoms with Crippen molar-refractivity contribution in [3.05, 3.63) is 53.3 Å². The second-order valence-electron chi connectivity index (χ2n) is 8.05. The van der Waals surface area contributed by atoms with Gasteiger partial charge in [-0.3, -0.25) is 4.79 Å². The molecule has 1 aliphatic rings. The van der Waals surface area contributed by atoms with Crippen LogP contribution in [0.1, 0.15) is 29.4 Å². The first-order valence-electron chi connectivity index (χ1n) is 10.3. The zero-order valence-corrected chi connectivity index (χ0v) is 18.8. The maximum Gasteiger partial charge on any atom is 0.419 e. The maximum atomic E-state index is 14.5. The summed E-state index contributed by atoms with van der Waals surface area (Å²) in [7, 11) is 0. The lowest BCUT2D eigenvalue weighted by Gasteiger charge is -2.43. The summed E-state index contributed by atoms with van der Waals surface area (Å²) in [5.74, 6) is -4.78. The van der Waals surface area contributed by atoms with Crippen LogP contribution >= 0.6 is 11.6 Å². The molecule has 1 aliphatic heterocycles. The van der Waals surface area contributed by atoms with Crippen molar-refractivity contribution in [3.63, 3.8) is 0 Å². The Bertz CT molecular complexity index is 1190. The predicted octanol–water partition coefficient (Wildman–Crippen LogP) is 3.72. The van der Waals surface area contributed by atoms with Gasteiger partial charge in [0, 0.05) is 31.6 Å². The number of halogens is 6. The normalized spacial score (nSPS) is 20.0. The van der Waals surface area contributed by atoms with E-state index in [0.717, 1.165) is 9.70 Å². The van der Waals surface area contributed by atoms with Gasteiger partial charge in [-0.2, -0.15) is 23.4 Å². The molecule has 1 N–H and O–H groups in total. The topological polar surface area (TPSA) is 102 Å². The molecule has 0 saturated carbocycles. The molecule has 1 amide bonds. The number of alkyl halides is 5. The number of carbonyl (C=O) groups excluding carboxylic acids is 1. The average Bonchev–Trinajstić information content (AvgIpc) is 3.31. The molecule has 0 unspecified atom stereocenters. The molecule has 4 rings (SSSR count). The molecule has 1 saturated heterocycles. The Morgan fingerprint density at radius 2 is 1.83 bits per heavy atom. The minimum atomic E-state index is -4.60. The molecule has 0 spiro atoms. The summed E-state index contributed by atoms with van der Waals surface area (Å²) in [5.41, 5.74) is -1.11. The highest BCUT2D eigenvalue weighted by Gasteiger charge is 2.46. The molecule has 0 aliphatic carbocycles. The van der Waals surface area contributed by atoms with Crippen LogP contribution in [0.2, 0.25) is 5.02 Å². The van der Waals surface area contributed by atoms with Gasteiger partial charge in [-0.15, -0.1) is 4.80 Å². The smallest absolute Gasteiger partial charge is 0.352 e. The lowest BCUT2D eigenvalue weighted by molar-refractivity contribution is -0.138. The van der Waals surface area contributed by atoms with Gasteiger partial charge in [0.05, 0.1) is 35.6 Å². The number of carbonyl (C=O) groups is 1. The number of hydrogen-bond acceptors (Lipinski definition) is 7. The maximum absolute atomic E-state index is 14.5. The molecule has 4 heterocycles. The number of pyridine rings is 1. The van der Waals surface area contributed by atoms with E-state index in [-0.39, 0.29) is 28.9 Å². The minimum absolute atomic E-state index is 0.0860. The van der Waals surface area contributed by atoms with Crippen molar-refractivity contribution in [2.75, 3.05) is 18.4 Å². The standard InChI is InChI=1S/C20H18ClF5N8O/c1-11-5-19(22,23)10-33(15(11)9-30-18-28-6-12(7-29-18)20(24,25)26)17(35)16-14(4-13(21)8-27-16)34-31-2-3-32-34/h2-4,6-8,11,15H,5,9-10H2,1H3,(H,28,29,30)/t11-,15-/m1/s1. The Morgan fingerprint density at radius 1 is 1.17 bits per heavy atom. The van der Waals surface area contributed by atoms with E-state index in [4.69, 9.17) is 11.6 Å². The SMILES string of the molecule is C[C@@H]1CC(F)(F)CN(C(=O)c2ncc(Cl)cc2-n2nccn2)[C@@H]1CNc1ncc(C(F)(F)F)cn1. The van der Waals surface area contributed by atoms with Crippen LogP contribution in [0.3, 0.4) is 0 Å². The summed E-state index contributed by atoms with van der Waals surface area (Å²) >= 11 is 6.01. The van der Waals surface area contributed by atoms with Gasteiger partial charge in [0.1, 0.15) is 5.69 Å². The fourth-order valence-electron chi connectivity index (χ4n) is 3.86. The van der Waals surface area contributed by atoms with E-state index in [2.05, 4.69) is 30.5 Å². The van der Waals surface area contributed by atoms with Crippen molar-refractivity contribution in [2.45, 2.75) is 31.5 Å². The van der Waals surface area contributed by atoms with Gasteiger partial charge in [0.15, 0.2) is 5.69 Å². The second kappa shape index (κ2) is 9.32. The molecule has 3 aromatic heterocycles. The molecular weight excluding hydrogens is 499 g/mol. The number of likely N-dealkylation sites (tertiary alicyclic amines) is 1. The van der Waals surface area contributed by atoms with Crippen LogP contribution in [-0.4, -0.2) is 65.8 Å². The van der Waals surface area contributed by atoms with Crippen molar-refractivity contribution in [3.8, 4) is 5.69 Å². The summed E-state index contributed by atoms with van der Waals surface area (Å²) in [6.45, 7) is 0.586. The van der Waals surface area contributed by atoms with Crippen LogP contribution in [0.4, 0.5) is 27.9 Å². The van der Waals surface area contributed by atoms with E-state index in [9.17, 15) is 26.7 Å². The second-order valence-corrected chi connectivity index (χ2v) is 8.49. The fourth-order valence-corrected chi connectivity index (χ4v) is 4.01. The molecule has 0 radical (unpaired) electrons. The average molecular weight is 517 g/mol. The van der Waals surface area contributed by atoms with E-state index in [0.29, 0.717) is 12.4 Å². The Kier molecular flexibility index (Phi) is 6.58. The van der Waals surface area contributed by atoms with E-state index >= 15 is 0 Å². The number of piperidine rings is 1. The third-order valence-electron chi connectivity index (χ3n) is 5.46. The fraction of sp³-hybridized carbons (Fsp3) is 0.400. The van der Waals surface area contributed by atoms with Gasteiger partial charge in [-0.05, 0) is 12.0 Å². The lowest BCUT2D eigenvalue weighted by Crippen LogP contribution is -2.57. The Morgan fingerprint density at radius 3 is 2.46 bits per heavy atom. The molecule has 35 heavy (non-hydrogen) atoms. The van der Waals surface area contributed by atoms with Crippen LogP contribution in [0, 0.1) is 5.92 Å². The first-order chi connectivity index (χ1) is 16.4. The molecule has 1 fully saturated rings. The van der Waals surface area contributed by atoms with Crippen LogP contribution < -0.4 is 5.32 Å². The molecule has 186 valence electrons. The molecule has 0 aromatic carbocycles. The lowest BCUT2D eigenvalue weighted by atomic mass is 9.88. The van der Waals surface area contributed by atoms with Gasteiger partial charge < -0.3 is 10.2 Å². The van der Waals surface area contributed by atoms with Crippen LogP contribution in [-0.2, 0) is 6.18 Å². The molecule has 2 atom stereocenters. The number of hydrogen-bond donors (Lipinski definition) is 1. The van der Waals surface area contributed by atoms with Crippen molar-refractivity contribution in [2.24, 2.45) is 5.92 Å². The van der Waals surface area contributed by atoms with E-state index in [1.54, 1.807) is 6.92 Å². The van der Waals surface area contributed by atoms with Crippen molar-refractivity contribution in [1.29, 1.82) is 0 Å². The van der Waals surface area contributed by atoms with Crippen LogP contribution in [0.15, 0.2) is 37.1 Å². The summed E-state index contributed by atoms with van der Waals surface area (Å²) < 4.78 is 67.2. The van der Waals surface area contributed by atoms with Gasteiger partial charge in [0.25, 0.3) is 11.8 Å². The number of rotatable bonds is 5. The molecular formula is C20H18ClF5N8O. The van der Waals surface area contributed by atoms with Gasteiger partial charge in [0.2, 0.25) is 5.95 Å². The zero-order valence-electron chi connectivity index (χ0n) is 18.0. The van der Waals surface area contributed by atoms with E-state index in [1.165, 1.54) is 24.7 Å². The number of nitrogens with one attached hydrogen (secondary N) is 1. The number of anilines is 1. The first-order valence-corrected chi connectivity index (χ1v) is 10.7. The molecule has 3 aromatic rings. The monoisotopic (exact) mass is 516 g/mol. The summed E-state index contributed by atoms with van der Waals surface area (Å²) in [4.78, 5) is 26.9. The van der Waals surface area contributed by atoms with Crippen LogP contribution in [0.5, 0.6) is 0 Å². The number of amides is 1.